The van der Waals surface area contributed by atoms with E-state index in [0.717, 1.165) is 6.07 Å². The van der Waals surface area contributed by atoms with E-state index in [1.54, 1.807) is 6.92 Å². The van der Waals surface area contributed by atoms with Gasteiger partial charge in [0.15, 0.2) is 0 Å². The van der Waals surface area contributed by atoms with Gasteiger partial charge >= 0.3 is 51.4 Å². The summed E-state index contributed by atoms with van der Waals surface area (Å²) in [7, 11) is 0. The Hall–Kier alpha value is -0.334. The van der Waals surface area contributed by atoms with Gasteiger partial charge in [0, 0.05) is 16.6 Å². The first-order chi connectivity index (χ1) is 7.08. The minimum Gasteiger partial charge on any atom is -0.545 e. The summed E-state index contributed by atoms with van der Waals surface area (Å²) in [6.07, 6.45) is 0. The Morgan fingerprint density at radius 1 is 1.38 bits per heavy atom. The van der Waals surface area contributed by atoms with Crippen LogP contribution in [-0.2, 0) is 0 Å². The number of halogens is 1. The summed E-state index contributed by atoms with van der Waals surface area (Å²) < 4.78 is 12.9. The van der Waals surface area contributed by atoms with Crippen molar-refractivity contribution in [1.29, 1.82) is 0 Å². The summed E-state index contributed by atoms with van der Waals surface area (Å²) in [6, 6.07) is 5.21. The van der Waals surface area contributed by atoms with E-state index in [1.165, 1.54) is 18.2 Å². The Kier molecular flexibility index (Phi) is 4.58. The molecule has 1 heterocycles. The Bertz CT molecular complexity index is 557. The van der Waals surface area contributed by atoms with Crippen molar-refractivity contribution >= 4 is 16.9 Å². The molecular weight excluding hydrogens is 236 g/mol. The maximum Gasteiger partial charge on any atom is 1.00 e. The molecule has 0 N–H and O–H groups in total. The molecule has 0 saturated carbocycles. The molecule has 0 aliphatic rings. The Labute approximate surface area is 134 Å². The van der Waals surface area contributed by atoms with E-state index in [0.29, 0.717) is 11.2 Å². The van der Waals surface area contributed by atoms with Gasteiger partial charge < -0.3 is 9.90 Å². The van der Waals surface area contributed by atoms with Crippen molar-refractivity contribution in [3.05, 3.63) is 41.3 Å². The van der Waals surface area contributed by atoms with Crippen LogP contribution < -0.4 is 56.5 Å². The number of pyridine rings is 1. The normalized spacial score (nSPS) is 9.88. The Morgan fingerprint density at radius 2 is 2.06 bits per heavy atom. The van der Waals surface area contributed by atoms with Gasteiger partial charge in [0.1, 0.15) is 5.82 Å². The summed E-state index contributed by atoms with van der Waals surface area (Å²) in [5, 5.41) is 11.1. The molecule has 0 amide bonds. The van der Waals surface area contributed by atoms with E-state index >= 15 is 0 Å². The molecule has 76 valence electrons. The molecule has 1 aromatic heterocycles. The van der Waals surface area contributed by atoms with Crippen LogP contribution >= 0.6 is 0 Å². The third-order valence-electron chi connectivity index (χ3n) is 2.12. The summed E-state index contributed by atoms with van der Waals surface area (Å²) in [5.74, 6) is -1.81. The van der Waals surface area contributed by atoms with E-state index in [1.807, 2.05) is 0 Å². The summed E-state index contributed by atoms with van der Waals surface area (Å²) >= 11 is 0. The molecule has 5 heteroatoms. The van der Waals surface area contributed by atoms with Crippen LogP contribution in [0.15, 0.2) is 24.3 Å². The largest absolute Gasteiger partial charge is 1.00 e. The number of carbonyl (C=O) groups is 1. The number of rotatable bonds is 1. The number of hydrogen-bond donors (Lipinski definition) is 0. The molecule has 0 saturated heterocycles. The number of fused-ring (bicyclic) bond motifs is 1. The van der Waals surface area contributed by atoms with Gasteiger partial charge in [-0.15, -0.1) is 0 Å². The van der Waals surface area contributed by atoms with E-state index in [4.69, 9.17) is 0 Å². The van der Waals surface area contributed by atoms with Crippen molar-refractivity contribution < 1.29 is 65.7 Å². The van der Waals surface area contributed by atoms with Gasteiger partial charge in [-0.3, -0.25) is 4.98 Å². The average Bonchev–Trinajstić information content (AvgIpc) is 2.17. The molecule has 2 rings (SSSR count). The number of hydrogen-bond acceptors (Lipinski definition) is 3. The second kappa shape index (κ2) is 5.33. The summed E-state index contributed by atoms with van der Waals surface area (Å²) in [4.78, 5) is 14.9. The van der Waals surface area contributed by atoms with Crippen LogP contribution in [0.25, 0.3) is 10.9 Å². The Balaban J connectivity index is 0.00000128. The first-order valence-corrected chi connectivity index (χ1v) is 4.36. The van der Waals surface area contributed by atoms with Gasteiger partial charge in [-0.05, 0) is 31.2 Å². The number of aromatic carboxylic acids is 1. The summed E-state index contributed by atoms with van der Waals surface area (Å²) in [5.41, 5.74) is 0.987. The molecule has 0 unspecified atom stereocenters. The minimum absolute atomic E-state index is 0. The predicted octanol–water partition coefficient (Wildman–Crippen LogP) is -1.95. The third kappa shape index (κ3) is 2.67. The van der Waals surface area contributed by atoms with Gasteiger partial charge in [0.05, 0.1) is 11.5 Å². The zero-order valence-corrected chi connectivity index (χ0v) is 12.1. The molecule has 0 aliphatic carbocycles. The van der Waals surface area contributed by atoms with Crippen LogP contribution in [0.2, 0.25) is 0 Å². The van der Waals surface area contributed by atoms with Crippen LogP contribution in [-0.4, -0.2) is 11.0 Å². The predicted molar refractivity (Wildman–Crippen MR) is 50.8 cm³/mol. The monoisotopic (exact) mass is 243 g/mol. The van der Waals surface area contributed by atoms with Crippen molar-refractivity contribution in [2.75, 3.05) is 0 Å². The van der Waals surface area contributed by atoms with E-state index in [-0.39, 0.29) is 62.3 Å². The van der Waals surface area contributed by atoms with E-state index in [9.17, 15) is 14.3 Å². The number of benzene rings is 1. The molecule has 0 radical (unpaired) electrons. The second-order valence-corrected chi connectivity index (χ2v) is 3.26. The molecule has 0 spiro atoms. The van der Waals surface area contributed by atoms with Crippen molar-refractivity contribution in [2.45, 2.75) is 6.92 Å². The fourth-order valence-electron chi connectivity index (χ4n) is 1.50. The SMILES string of the molecule is Cc1cc(C(=O)[O-])c2cc(F)ccc2n1.[K+]. The van der Waals surface area contributed by atoms with Gasteiger partial charge in [-0.25, -0.2) is 4.39 Å². The zero-order chi connectivity index (χ0) is 11.0. The molecule has 0 aliphatic heterocycles. The van der Waals surface area contributed by atoms with Crippen molar-refractivity contribution in [3.63, 3.8) is 0 Å². The maximum atomic E-state index is 12.9. The number of carboxylic acids is 1. The molecule has 0 fully saturated rings. The molecular formula is C11H7FKNO2. The van der Waals surface area contributed by atoms with Crippen LogP contribution in [0.3, 0.4) is 0 Å². The number of nitrogens with zero attached hydrogens (tertiary/aromatic N) is 1. The van der Waals surface area contributed by atoms with Gasteiger partial charge in [0.2, 0.25) is 0 Å². The van der Waals surface area contributed by atoms with Crippen LogP contribution in [0.5, 0.6) is 0 Å². The first-order valence-electron chi connectivity index (χ1n) is 4.36. The van der Waals surface area contributed by atoms with E-state index < -0.39 is 11.8 Å². The number of carbonyl (C=O) groups excluding carboxylic acids is 1. The van der Waals surface area contributed by atoms with Crippen LogP contribution in [0.4, 0.5) is 4.39 Å². The molecule has 0 bridgehead atoms. The first kappa shape index (κ1) is 13.7. The molecule has 0 atom stereocenters. The van der Waals surface area contributed by atoms with Crippen LogP contribution in [0, 0.1) is 12.7 Å². The molecule has 16 heavy (non-hydrogen) atoms. The maximum absolute atomic E-state index is 12.9. The average molecular weight is 243 g/mol. The van der Waals surface area contributed by atoms with Gasteiger partial charge in [-0.1, -0.05) is 0 Å². The quantitative estimate of drug-likeness (QED) is 0.547. The standard InChI is InChI=1S/C11H8FNO2.K/c1-6-4-9(11(14)15)8-5-7(12)2-3-10(8)13-6;/h2-5H,1H3,(H,14,15);/q;+1/p-1. The van der Waals surface area contributed by atoms with E-state index in [2.05, 4.69) is 4.98 Å². The number of aryl methyl sites for hydroxylation is 1. The number of aromatic nitrogens is 1. The van der Waals surface area contributed by atoms with Gasteiger partial charge in [-0.2, -0.15) is 0 Å². The third-order valence-corrected chi connectivity index (χ3v) is 2.12. The molecule has 3 nitrogen and oxygen atoms in total. The number of carboxylic acid groups (broad SMARTS) is 1. The van der Waals surface area contributed by atoms with Crippen molar-refractivity contribution in [2.24, 2.45) is 0 Å². The minimum atomic E-state index is -1.32. The summed E-state index contributed by atoms with van der Waals surface area (Å²) in [6.45, 7) is 1.68. The fourth-order valence-corrected chi connectivity index (χ4v) is 1.50. The molecule has 2 aromatic rings. The smallest absolute Gasteiger partial charge is 0.545 e. The van der Waals surface area contributed by atoms with Gasteiger partial charge in [0.25, 0.3) is 0 Å². The second-order valence-electron chi connectivity index (χ2n) is 3.26. The topological polar surface area (TPSA) is 53.0 Å². The zero-order valence-electron chi connectivity index (χ0n) is 8.95. The van der Waals surface area contributed by atoms with Crippen molar-refractivity contribution in [1.82, 2.24) is 4.98 Å². The molecule has 1 aromatic carbocycles. The fraction of sp³-hybridized carbons (Fsp3) is 0.0909. The van der Waals surface area contributed by atoms with Crippen molar-refractivity contribution in [3.8, 4) is 0 Å². The van der Waals surface area contributed by atoms with Crippen LogP contribution in [0.1, 0.15) is 16.1 Å². The Morgan fingerprint density at radius 3 is 2.69 bits per heavy atom.